The summed E-state index contributed by atoms with van der Waals surface area (Å²) in [6.45, 7) is 13.2. The number of aromatic amines is 1. The second-order valence-electron chi connectivity index (χ2n) is 9.26. The van der Waals surface area contributed by atoms with E-state index in [1.807, 2.05) is 11.1 Å². The summed E-state index contributed by atoms with van der Waals surface area (Å²) in [6, 6.07) is 0. The van der Waals surface area contributed by atoms with Crippen LogP contribution in [0.25, 0.3) is 0 Å². The summed E-state index contributed by atoms with van der Waals surface area (Å²) in [5.41, 5.74) is 1.58. The zero-order chi connectivity index (χ0) is 18.1. The van der Waals surface area contributed by atoms with Crippen LogP contribution in [0.15, 0.2) is 12.5 Å². The summed E-state index contributed by atoms with van der Waals surface area (Å²) in [7, 11) is 0. The van der Waals surface area contributed by atoms with Crippen LogP contribution >= 0.6 is 0 Å². The SMILES string of the molecule is CC1(C)CC(OC(=O)N2CCN(Cc3cnc[nH]3)CC2)CC(C)(C)C1. The van der Waals surface area contributed by atoms with Crippen molar-refractivity contribution in [3.05, 3.63) is 18.2 Å². The first-order valence-corrected chi connectivity index (χ1v) is 9.38. The highest BCUT2D eigenvalue weighted by molar-refractivity contribution is 5.68. The lowest BCUT2D eigenvalue weighted by atomic mass is 9.64. The zero-order valence-corrected chi connectivity index (χ0v) is 16.0. The van der Waals surface area contributed by atoms with Gasteiger partial charge in [0.05, 0.1) is 6.33 Å². The molecule has 1 aliphatic heterocycles. The van der Waals surface area contributed by atoms with Crippen LogP contribution in [0, 0.1) is 10.8 Å². The third-order valence-electron chi connectivity index (χ3n) is 5.36. The fraction of sp³-hybridized carbons (Fsp3) is 0.789. The Kier molecular flexibility index (Phi) is 5.09. The lowest BCUT2D eigenvalue weighted by molar-refractivity contribution is -0.0284. The van der Waals surface area contributed by atoms with Crippen molar-refractivity contribution in [1.29, 1.82) is 0 Å². The van der Waals surface area contributed by atoms with Crippen molar-refractivity contribution >= 4 is 6.09 Å². The molecule has 1 saturated heterocycles. The highest BCUT2D eigenvalue weighted by Crippen LogP contribution is 2.46. The average Bonchev–Trinajstić information content (AvgIpc) is 2.97. The summed E-state index contributed by atoms with van der Waals surface area (Å²) < 4.78 is 5.90. The number of carbonyl (C=O) groups is 1. The van der Waals surface area contributed by atoms with E-state index in [0.29, 0.717) is 0 Å². The Hall–Kier alpha value is -1.56. The second-order valence-corrected chi connectivity index (χ2v) is 9.26. The first kappa shape index (κ1) is 18.2. The molecule has 1 aromatic heterocycles. The number of carbonyl (C=O) groups excluding carboxylic acids is 1. The smallest absolute Gasteiger partial charge is 0.410 e. The Morgan fingerprint density at radius 2 is 1.84 bits per heavy atom. The van der Waals surface area contributed by atoms with Crippen molar-refractivity contribution in [3.8, 4) is 0 Å². The summed E-state index contributed by atoms with van der Waals surface area (Å²) in [5.74, 6) is 0. The van der Waals surface area contributed by atoms with Gasteiger partial charge in [-0.1, -0.05) is 27.7 Å². The monoisotopic (exact) mass is 348 g/mol. The minimum atomic E-state index is -0.139. The fourth-order valence-corrected chi connectivity index (χ4v) is 4.75. The molecule has 6 nitrogen and oxygen atoms in total. The van der Waals surface area contributed by atoms with E-state index in [4.69, 9.17) is 4.74 Å². The summed E-state index contributed by atoms with van der Waals surface area (Å²) in [6.07, 6.45) is 6.56. The molecule has 0 atom stereocenters. The predicted molar refractivity (Wildman–Crippen MR) is 97.1 cm³/mol. The third kappa shape index (κ3) is 4.97. The number of aromatic nitrogens is 2. The van der Waals surface area contributed by atoms with Crippen molar-refractivity contribution in [3.63, 3.8) is 0 Å². The molecule has 1 aliphatic carbocycles. The van der Waals surface area contributed by atoms with E-state index in [1.54, 1.807) is 6.33 Å². The fourth-order valence-electron chi connectivity index (χ4n) is 4.75. The predicted octanol–water partition coefficient (Wildman–Crippen LogP) is 3.27. The van der Waals surface area contributed by atoms with Crippen LogP contribution in [-0.4, -0.2) is 58.1 Å². The molecule has 0 aromatic carbocycles. The normalized spacial score (nSPS) is 24.2. The molecule has 6 heteroatoms. The number of imidazole rings is 1. The molecule has 1 N–H and O–H groups in total. The molecule has 1 amide bonds. The van der Waals surface area contributed by atoms with E-state index in [0.717, 1.165) is 51.3 Å². The third-order valence-corrected chi connectivity index (χ3v) is 5.36. The number of nitrogens with one attached hydrogen (secondary N) is 1. The van der Waals surface area contributed by atoms with Crippen LogP contribution in [0.4, 0.5) is 4.79 Å². The lowest BCUT2D eigenvalue weighted by Gasteiger charge is -2.45. The number of H-pyrrole nitrogens is 1. The van der Waals surface area contributed by atoms with Crippen molar-refractivity contribution in [1.82, 2.24) is 19.8 Å². The number of rotatable bonds is 3. The maximum absolute atomic E-state index is 12.6. The maximum Gasteiger partial charge on any atom is 0.410 e. The van der Waals surface area contributed by atoms with Crippen LogP contribution < -0.4 is 0 Å². The Balaban J connectivity index is 1.48. The van der Waals surface area contributed by atoms with Gasteiger partial charge < -0.3 is 14.6 Å². The highest BCUT2D eigenvalue weighted by atomic mass is 16.6. The van der Waals surface area contributed by atoms with Crippen LogP contribution in [0.1, 0.15) is 52.7 Å². The molecular formula is C19H32N4O2. The molecule has 140 valence electrons. The zero-order valence-electron chi connectivity index (χ0n) is 16.0. The van der Waals surface area contributed by atoms with E-state index < -0.39 is 0 Å². The standard InChI is InChI=1S/C19H32N4O2/c1-18(2)9-16(10-19(3,4)13-18)25-17(24)23-7-5-22(6-8-23)12-15-11-20-14-21-15/h11,14,16H,5-10,12-13H2,1-4H3,(H,20,21). The average molecular weight is 348 g/mol. The number of hydrogen-bond donors (Lipinski definition) is 1. The molecule has 2 fully saturated rings. The van der Waals surface area contributed by atoms with E-state index in [2.05, 4.69) is 42.6 Å². The minimum absolute atomic E-state index is 0.0364. The quantitative estimate of drug-likeness (QED) is 0.911. The molecule has 1 aromatic rings. The van der Waals surface area contributed by atoms with E-state index in [9.17, 15) is 4.79 Å². The van der Waals surface area contributed by atoms with Gasteiger partial charge >= 0.3 is 6.09 Å². The maximum atomic E-state index is 12.6. The molecule has 2 heterocycles. The second kappa shape index (κ2) is 6.98. The number of piperazine rings is 1. The van der Waals surface area contributed by atoms with Crippen LogP contribution in [0.3, 0.4) is 0 Å². The van der Waals surface area contributed by atoms with Gasteiger partial charge in [-0.15, -0.1) is 0 Å². The van der Waals surface area contributed by atoms with Crippen LogP contribution in [-0.2, 0) is 11.3 Å². The molecule has 25 heavy (non-hydrogen) atoms. The van der Waals surface area contributed by atoms with Gasteiger partial charge in [-0.2, -0.15) is 0 Å². The molecule has 3 rings (SSSR count). The van der Waals surface area contributed by atoms with Crippen molar-refractivity contribution < 1.29 is 9.53 Å². The number of amides is 1. The number of nitrogens with zero attached hydrogens (tertiary/aromatic N) is 3. The molecule has 0 radical (unpaired) electrons. The van der Waals surface area contributed by atoms with Gasteiger partial charge in [0, 0.05) is 44.6 Å². The van der Waals surface area contributed by atoms with Crippen LogP contribution in [0.2, 0.25) is 0 Å². The van der Waals surface area contributed by atoms with Crippen molar-refractivity contribution in [2.75, 3.05) is 26.2 Å². The summed E-state index contributed by atoms with van der Waals surface area (Å²) >= 11 is 0. The largest absolute Gasteiger partial charge is 0.446 e. The van der Waals surface area contributed by atoms with E-state index in [-0.39, 0.29) is 23.0 Å². The molecule has 0 unspecified atom stereocenters. The van der Waals surface area contributed by atoms with Gasteiger partial charge in [-0.3, -0.25) is 4.90 Å². The topological polar surface area (TPSA) is 61.5 Å². The van der Waals surface area contributed by atoms with Crippen molar-refractivity contribution in [2.24, 2.45) is 10.8 Å². The Bertz CT molecular complexity index is 558. The molecule has 1 saturated carbocycles. The number of ether oxygens (including phenoxy) is 1. The molecular weight excluding hydrogens is 316 g/mol. The first-order chi connectivity index (χ1) is 11.7. The highest BCUT2D eigenvalue weighted by Gasteiger charge is 2.40. The lowest BCUT2D eigenvalue weighted by Crippen LogP contribution is -2.50. The summed E-state index contributed by atoms with van der Waals surface area (Å²) in [4.78, 5) is 24.0. The minimum Gasteiger partial charge on any atom is -0.446 e. The van der Waals surface area contributed by atoms with Gasteiger partial charge in [-0.05, 0) is 30.1 Å². The Labute approximate surface area is 150 Å². The molecule has 0 bridgehead atoms. The Morgan fingerprint density at radius 1 is 1.20 bits per heavy atom. The van der Waals surface area contributed by atoms with Gasteiger partial charge in [0.1, 0.15) is 6.10 Å². The van der Waals surface area contributed by atoms with Gasteiger partial charge in [0.25, 0.3) is 0 Å². The van der Waals surface area contributed by atoms with Gasteiger partial charge in [0.15, 0.2) is 0 Å². The van der Waals surface area contributed by atoms with Crippen molar-refractivity contribution in [2.45, 2.75) is 59.6 Å². The van der Waals surface area contributed by atoms with Gasteiger partial charge in [-0.25, -0.2) is 9.78 Å². The summed E-state index contributed by atoms with van der Waals surface area (Å²) in [5, 5.41) is 0. The molecule has 0 spiro atoms. The van der Waals surface area contributed by atoms with Gasteiger partial charge in [0.2, 0.25) is 0 Å². The Morgan fingerprint density at radius 3 is 2.40 bits per heavy atom. The first-order valence-electron chi connectivity index (χ1n) is 9.38. The number of hydrogen-bond acceptors (Lipinski definition) is 4. The molecule has 2 aliphatic rings. The van der Waals surface area contributed by atoms with E-state index in [1.165, 1.54) is 6.42 Å². The van der Waals surface area contributed by atoms with E-state index >= 15 is 0 Å². The van der Waals surface area contributed by atoms with Crippen LogP contribution in [0.5, 0.6) is 0 Å².